The first-order valence-corrected chi connectivity index (χ1v) is 7.89. The van der Waals surface area contributed by atoms with Crippen LogP contribution in [0.15, 0.2) is 24.3 Å². The van der Waals surface area contributed by atoms with Crippen LogP contribution in [-0.2, 0) is 0 Å². The summed E-state index contributed by atoms with van der Waals surface area (Å²) < 4.78 is 5.40. The lowest BCUT2D eigenvalue weighted by molar-refractivity contribution is 0.0700. The maximum atomic E-state index is 12.6. The number of hydrogen-bond acceptors (Lipinski definition) is 2. The fraction of sp³-hybridized carbons (Fsp3) is 0.562. The maximum absolute atomic E-state index is 12.6. The number of alkyl halides is 1. The second kappa shape index (κ2) is 7.53. The van der Waals surface area contributed by atoms with Crippen molar-refractivity contribution in [1.29, 1.82) is 0 Å². The van der Waals surface area contributed by atoms with E-state index >= 15 is 0 Å². The number of rotatable bonds is 4. The third-order valence-corrected chi connectivity index (χ3v) is 4.08. The Morgan fingerprint density at radius 3 is 2.70 bits per heavy atom. The van der Waals surface area contributed by atoms with Crippen molar-refractivity contribution in [2.75, 3.05) is 19.0 Å². The molecule has 1 unspecified atom stereocenters. The van der Waals surface area contributed by atoms with Gasteiger partial charge < -0.3 is 9.64 Å². The summed E-state index contributed by atoms with van der Waals surface area (Å²) >= 11 is 6.03. The van der Waals surface area contributed by atoms with Gasteiger partial charge >= 0.3 is 0 Å². The molecule has 1 atom stereocenters. The highest BCUT2D eigenvalue weighted by Gasteiger charge is 2.25. The zero-order chi connectivity index (χ0) is 14.4. The number of nitrogens with zero attached hydrogens (tertiary/aromatic N) is 1. The molecule has 1 aliphatic rings. The molecular weight excluding hydrogens is 274 g/mol. The van der Waals surface area contributed by atoms with Gasteiger partial charge in [-0.05, 0) is 44.0 Å². The number of carbonyl (C=O) groups excluding carboxylic acids is 1. The molecule has 2 rings (SSSR count). The summed E-state index contributed by atoms with van der Waals surface area (Å²) in [5.74, 6) is 1.40. The number of amides is 1. The Kier molecular flexibility index (Phi) is 5.72. The van der Waals surface area contributed by atoms with E-state index in [1.54, 1.807) is 0 Å². The lowest BCUT2D eigenvalue weighted by Crippen LogP contribution is -2.41. The maximum Gasteiger partial charge on any atom is 0.254 e. The normalized spacial score (nSPS) is 19.5. The van der Waals surface area contributed by atoms with Crippen LogP contribution in [0, 0.1) is 0 Å². The van der Waals surface area contributed by atoms with E-state index in [2.05, 4.69) is 0 Å². The molecule has 1 aliphatic heterocycles. The van der Waals surface area contributed by atoms with Gasteiger partial charge in [-0.1, -0.05) is 12.8 Å². The second-order valence-electron chi connectivity index (χ2n) is 5.11. The van der Waals surface area contributed by atoms with Crippen molar-refractivity contribution in [1.82, 2.24) is 4.90 Å². The van der Waals surface area contributed by atoms with Gasteiger partial charge in [0.2, 0.25) is 0 Å². The van der Waals surface area contributed by atoms with Gasteiger partial charge in [0.05, 0.1) is 6.61 Å². The van der Waals surface area contributed by atoms with Crippen LogP contribution >= 0.6 is 11.6 Å². The number of carbonyl (C=O) groups is 1. The summed E-state index contributed by atoms with van der Waals surface area (Å²) in [6.07, 6.45) is 4.41. The smallest absolute Gasteiger partial charge is 0.254 e. The molecule has 1 saturated heterocycles. The van der Waals surface area contributed by atoms with Crippen LogP contribution in [0.3, 0.4) is 0 Å². The Morgan fingerprint density at radius 1 is 1.30 bits per heavy atom. The lowest BCUT2D eigenvalue weighted by Gasteiger charge is -2.28. The van der Waals surface area contributed by atoms with E-state index in [1.807, 2.05) is 36.1 Å². The molecule has 0 saturated carbocycles. The van der Waals surface area contributed by atoms with E-state index in [0.717, 1.165) is 31.6 Å². The third kappa shape index (κ3) is 3.66. The standard InChI is InChI=1S/C16H22ClNO2/c1-2-20-15-9-7-13(8-10-15)16(19)18-11-5-3-4-6-14(18)12-17/h7-10,14H,2-6,11-12H2,1H3. The SMILES string of the molecule is CCOc1ccc(C(=O)N2CCCCCC2CCl)cc1. The molecule has 0 radical (unpaired) electrons. The molecule has 3 nitrogen and oxygen atoms in total. The predicted octanol–water partition coefficient (Wildman–Crippen LogP) is 3.71. The number of likely N-dealkylation sites (tertiary alicyclic amines) is 1. The largest absolute Gasteiger partial charge is 0.494 e. The van der Waals surface area contributed by atoms with Gasteiger partial charge in [-0.3, -0.25) is 4.79 Å². The van der Waals surface area contributed by atoms with Crippen molar-refractivity contribution < 1.29 is 9.53 Å². The number of ether oxygens (including phenoxy) is 1. The first-order valence-electron chi connectivity index (χ1n) is 7.36. The summed E-state index contributed by atoms with van der Waals surface area (Å²) in [5.41, 5.74) is 0.713. The second-order valence-corrected chi connectivity index (χ2v) is 5.42. The fourth-order valence-corrected chi connectivity index (χ4v) is 2.95. The van der Waals surface area contributed by atoms with E-state index in [4.69, 9.17) is 16.3 Å². The van der Waals surface area contributed by atoms with Crippen LogP contribution in [0.25, 0.3) is 0 Å². The monoisotopic (exact) mass is 295 g/mol. The van der Waals surface area contributed by atoms with Crippen LogP contribution in [0.4, 0.5) is 0 Å². The highest BCUT2D eigenvalue weighted by atomic mass is 35.5. The van der Waals surface area contributed by atoms with Crippen LogP contribution in [0.1, 0.15) is 43.0 Å². The summed E-state index contributed by atoms with van der Waals surface area (Å²) in [5, 5.41) is 0. The molecule has 110 valence electrons. The van der Waals surface area contributed by atoms with E-state index in [1.165, 1.54) is 6.42 Å². The quantitative estimate of drug-likeness (QED) is 0.793. The van der Waals surface area contributed by atoms with E-state index in [9.17, 15) is 4.79 Å². The number of benzene rings is 1. The van der Waals surface area contributed by atoms with Crippen molar-refractivity contribution in [2.45, 2.75) is 38.6 Å². The van der Waals surface area contributed by atoms with Gasteiger partial charge in [0.25, 0.3) is 5.91 Å². The highest BCUT2D eigenvalue weighted by molar-refractivity contribution is 6.18. The van der Waals surface area contributed by atoms with Crippen LogP contribution in [0.2, 0.25) is 0 Å². The number of halogens is 1. The Hall–Kier alpha value is -1.22. The molecule has 0 spiro atoms. The van der Waals surface area contributed by atoms with Crippen molar-refractivity contribution in [3.05, 3.63) is 29.8 Å². The average molecular weight is 296 g/mol. The van der Waals surface area contributed by atoms with E-state index in [-0.39, 0.29) is 11.9 Å². The van der Waals surface area contributed by atoms with Gasteiger partial charge in [0.15, 0.2) is 0 Å². The molecule has 1 heterocycles. The minimum Gasteiger partial charge on any atom is -0.494 e. The molecule has 1 aromatic rings. The summed E-state index contributed by atoms with van der Waals surface area (Å²) in [7, 11) is 0. The van der Waals surface area contributed by atoms with E-state index < -0.39 is 0 Å². The minimum absolute atomic E-state index is 0.0839. The van der Waals surface area contributed by atoms with Crippen LogP contribution in [0.5, 0.6) is 5.75 Å². The van der Waals surface area contributed by atoms with Crippen molar-refractivity contribution in [3.63, 3.8) is 0 Å². The van der Waals surface area contributed by atoms with Gasteiger partial charge in [-0.2, -0.15) is 0 Å². The third-order valence-electron chi connectivity index (χ3n) is 3.73. The Morgan fingerprint density at radius 2 is 2.05 bits per heavy atom. The fourth-order valence-electron chi connectivity index (χ4n) is 2.63. The molecule has 0 N–H and O–H groups in total. The van der Waals surface area contributed by atoms with E-state index in [0.29, 0.717) is 18.1 Å². The molecule has 20 heavy (non-hydrogen) atoms. The average Bonchev–Trinajstić information content (AvgIpc) is 2.72. The van der Waals surface area contributed by atoms with Gasteiger partial charge in [-0.15, -0.1) is 11.6 Å². The Bertz CT molecular complexity index is 433. The summed E-state index contributed by atoms with van der Waals surface area (Å²) in [6.45, 7) is 3.39. The lowest BCUT2D eigenvalue weighted by atomic mass is 10.1. The molecule has 1 fully saturated rings. The van der Waals surface area contributed by atoms with Gasteiger partial charge in [0, 0.05) is 24.0 Å². The first kappa shape index (κ1) is 15.2. The molecule has 1 aromatic carbocycles. The molecule has 1 amide bonds. The van der Waals surface area contributed by atoms with Crippen LogP contribution < -0.4 is 4.74 Å². The Labute approximate surface area is 125 Å². The first-order chi connectivity index (χ1) is 9.76. The van der Waals surface area contributed by atoms with Crippen molar-refractivity contribution in [2.24, 2.45) is 0 Å². The molecular formula is C16H22ClNO2. The molecule has 0 aliphatic carbocycles. The predicted molar refractivity (Wildman–Crippen MR) is 81.6 cm³/mol. The van der Waals surface area contributed by atoms with Gasteiger partial charge in [0.1, 0.15) is 5.75 Å². The van der Waals surface area contributed by atoms with Crippen molar-refractivity contribution >= 4 is 17.5 Å². The summed E-state index contributed by atoms with van der Waals surface area (Å²) in [6, 6.07) is 7.54. The molecule has 4 heteroatoms. The zero-order valence-corrected chi connectivity index (χ0v) is 12.7. The van der Waals surface area contributed by atoms with Crippen molar-refractivity contribution in [3.8, 4) is 5.75 Å². The van der Waals surface area contributed by atoms with Gasteiger partial charge in [-0.25, -0.2) is 0 Å². The Balaban J connectivity index is 2.11. The summed E-state index contributed by atoms with van der Waals surface area (Å²) in [4.78, 5) is 14.6. The topological polar surface area (TPSA) is 29.5 Å². The molecule has 0 aromatic heterocycles. The van der Waals surface area contributed by atoms with Crippen LogP contribution in [-0.4, -0.2) is 35.9 Å². The number of hydrogen-bond donors (Lipinski definition) is 0. The highest BCUT2D eigenvalue weighted by Crippen LogP contribution is 2.21. The molecule has 0 bridgehead atoms. The zero-order valence-electron chi connectivity index (χ0n) is 12.0. The minimum atomic E-state index is 0.0839.